The van der Waals surface area contributed by atoms with Crippen LogP contribution in [0.5, 0.6) is 0 Å². The molecule has 2 heteroatoms. The van der Waals surface area contributed by atoms with Gasteiger partial charge in [0.2, 0.25) is 0 Å². The first-order chi connectivity index (χ1) is 6.48. The molecule has 0 aromatic heterocycles. The Morgan fingerprint density at radius 1 is 1.21 bits per heavy atom. The molecule has 0 rings (SSSR count). The van der Waals surface area contributed by atoms with Crippen molar-refractivity contribution in [1.29, 1.82) is 0 Å². The van der Waals surface area contributed by atoms with E-state index in [1.165, 1.54) is 25.1 Å². The van der Waals surface area contributed by atoms with Crippen molar-refractivity contribution in [3.05, 3.63) is 0 Å². The van der Waals surface area contributed by atoms with E-state index in [9.17, 15) is 0 Å². The molecular formula is C12H27NS. The Kier molecular flexibility index (Phi) is 7.75. The Labute approximate surface area is 94.4 Å². The summed E-state index contributed by atoms with van der Waals surface area (Å²) in [6.45, 7) is 11.6. The smallest absolute Gasteiger partial charge is 0.00258 e. The standard InChI is InChI=1S/C12H27NS/c1-11(2)10-13-8-6-12(3,4)7-9-14-5/h11,13H,6-10H2,1-5H3. The Morgan fingerprint density at radius 3 is 2.36 bits per heavy atom. The number of rotatable bonds is 8. The van der Waals surface area contributed by atoms with Crippen molar-refractivity contribution in [1.82, 2.24) is 5.32 Å². The predicted molar refractivity (Wildman–Crippen MR) is 69.1 cm³/mol. The lowest BCUT2D eigenvalue weighted by atomic mass is 9.86. The zero-order chi connectivity index (χ0) is 11.0. The van der Waals surface area contributed by atoms with E-state index in [4.69, 9.17) is 0 Å². The number of hydrogen-bond donors (Lipinski definition) is 1. The molecule has 0 aliphatic heterocycles. The maximum atomic E-state index is 3.51. The van der Waals surface area contributed by atoms with Gasteiger partial charge in [-0.25, -0.2) is 0 Å². The average molecular weight is 217 g/mol. The molecule has 0 aromatic rings. The first-order valence-electron chi connectivity index (χ1n) is 5.67. The summed E-state index contributed by atoms with van der Waals surface area (Å²) in [7, 11) is 0. The number of hydrogen-bond acceptors (Lipinski definition) is 2. The molecule has 0 aliphatic rings. The van der Waals surface area contributed by atoms with Crippen molar-refractivity contribution in [3.63, 3.8) is 0 Å². The van der Waals surface area contributed by atoms with Crippen LogP contribution in [0.25, 0.3) is 0 Å². The lowest BCUT2D eigenvalue weighted by Crippen LogP contribution is -2.25. The monoisotopic (exact) mass is 217 g/mol. The van der Waals surface area contributed by atoms with Crippen LogP contribution in [0.15, 0.2) is 0 Å². The minimum absolute atomic E-state index is 0.507. The Bertz CT molecular complexity index is 132. The molecule has 0 amide bonds. The van der Waals surface area contributed by atoms with Gasteiger partial charge in [0.25, 0.3) is 0 Å². The molecule has 0 aliphatic carbocycles. The maximum absolute atomic E-state index is 3.51. The fourth-order valence-corrected chi connectivity index (χ4v) is 2.08. The molecule has 0 bridgehead atoms. The topological polar surface area (TPSA) is 12.0 Å². The van der Waals surface area contributed by atoms with Crippen LogP contribution in [-0.4, -0.2) is 25.1 Å². The first-order valence-corrected chi connectivity index (χ1v) is 7.07. The van der Waals surface area contributed by atoms with Crippen LogP contribution in [-0.2, 0) is 0 Å². The van der Waals surface area contributed by atoms with Gasteiger partial charge in [0.05, 0.1) is 0 Å². The molecule has 0 unspecified atom stereocenters. The van der Waals surface area contributed by atoms with E-state index >= 15 is 0 Å². The molecule has 0 saturated carbocycles. The molecule has 0 aromatic carbocycles. The highest BCUT2D eigenvalue weighted by atomic mass is 32.2. The highest BCUT2D eigenvalue weighted by molar-refractivity contribution is 7.98. The van der Waals surface area contributed by atoms with Crippen LogP contribution in [0.3, 0.4) is 0 Å². The van der Waals surface area contributed by atoms with Gasteiger partial charge in [0.15, 0.2) is 0 Å². The molecule has 0 heterocycles. The zero-order valence-corrected chi connectivity index (χ0v) is 11.3. The van der Waals surface area contributed by atoms with E-state index in [1.54, 1.807) is 0 Å². The van der Waals surface area contributed by atoms with Crippen LogP contribution in [0.1, 0.15) is 40.5 Å². The zero-order valence-electron chi connectivity index (χ0n) is 10.5. The molecule has 1 N–H and O–H groups in total. The summed E-state index contributed by atoms with van der Waals surface area (Å²) < 4.78 is 0. The maximum Gasteiger partial charge on any atom is -0.00258 e. The summed E-state index contributed by atoms with van der Waals surface area (Å²) >= 11 is 1.95. The van der Waals surface area contributed by atoms with Crippen molar-refractivity contribution in [2.45, 2.75) is 40.5 Å². The van der Waals surface area contributed by atoms with Gasteiger partial charge in [-0.05, 0) is 49.3 Å². The summed E-state index contributed by atoms with van der Waals surface area (Å²) in [5, 5.41) is 3.51. The average Bonchev–Trinajstić information content (AvgIpc) is 2.09. The molecule has 0 atom stereocenters. The van der Waals surface area contributed by atoms with Crippen LogP contribution < -0.4 is 5.32 Å². The van der Waals surface area contributed by atoms with Crippen LogP contribution >= 0.6 is 11.8 Å². The third kappa shape index (κ3) is 8.89. The van der Waals surface area contributed by atoms with Crippen molar-refractivity contribution in [3.8, 4) is 0 Å². The van der Waals surface area contributed by atoms with Crippen LogP contribution in [0, 0.1) is 11.3 Å². The highest BCUT2D eigenvalue weighted by Crippen LogP contribution is 2.25. The van der Waals surface area contributed by atoms with Gasteiger partial charge in [-0.2, -0.15) is 11.8 Å². The van der Waals surface area contributed by atoms with Gasteiger partial charge in [-0.15, -0.1) is 0 Å². The lowest BCUT2D eigenvalue weighted by molar-refractivity contribution is 0.315. The van der Waals surface area contributed by atoms with E-state index in [0.717, 1.165) is 12.5 Å². The SMILES string of the molecule is CSCCC(C)(C)CCNCC(C)C. The van der Waals surface area contributed by atoms with Gasteiger partial charge in [-0.3, -0.25) is 0 Å². The molecule has 0 saturated heterocycles. The van der Waals surface area contributed by atoms with Crippen LogP contribution in [0.2, 0.25) is 0 Å². The molecule has 86 valence electrons. The van der Waals surface area contributed by atoms with E-state index in [1.807, 2.05) is 11.8 Å². The molecule has 14 heavy (non-hydrogen) atoms. The van der Waals surface area contributed by atoms with Gasteiger partial charge in [0, 0.05) is 0 Å². The predicted octanol–water partition coefficient (Wildman–Crippen LogP) is 3.40. The minimum atomic E-state index is 0.507. The molecule has 0 spiro atoms. The highest BCUT2D eigenvalue weighted by Gasteiger charge is 2.16. The normalized spacial score (nSPS) is 12.4. The van der Waals surface area contributed by atoms with Gasteiger partial charge in [-0.1, -0.05) is 27.7 Å². The first kappa shape index (κ1) is 14.3. The second-order valence-corrected chi connectivity index (χ2v) is 6.24. The second-order valence-electron chi connectivity index (χ2n) is 5.25. The summed E-state index contributed by atoms with van der Waals surface area (Å²) in [5.74, 6) is 2.06. The van der Waals surface area contributed by atoms with E-state index in [-0.39, 0.29) is 0 Å². The summed E-state index contributed by atoms with van der Waals surface area (Å²) in [5.41, 5.74) is 0.507. The summed E-state index contributed by atoms with van der Waals surface area (Å²) in [6, 6.07) is 0. The fraction of sp³-hybridized carbons (Fsp3) is 1.00. The molecule has 0 fully saturated rings. The summed E-state index contributed by atoms with van der Waals surface area (Å²) in [6.07, 6.45) is 4.81. The van der Waals surface area contributed by atoms with Crippen LogP contribution in [0.4, 0.5) is 0 Å². The van der Waals surface area contributed by atoms with E-state index in [2.05, 4.69) is 39.3 Å². The van der Waals surface area contributed by atoms with Crippen molar-refractivity contribution >= 4 is 11.8 Å². The van der Waals surface area contributed by atoms with Crippen molar-refractivity contribution in [2.24, 2.45) is 11.3 Å². The Hall–Kier alpha value is 0.310. The molecular weight excluding hydrogens is 190 g/mol. The van der Waals surface area contributed by atoms with Crippen molar-refractivity contribution in [2.75, 3.05) is 25.1 Å². The third-order valence-corrected chi connectivity index (χ3v) is 3.13. The third-order valence-electron chi connectivity index (χ3n) is 2.51. The van der Waals surface area contributed by atoms with E-state index in [0.29, 0.717) is 5.41 Å². The largest absolute Gasteiger partial charge is 0.316 e. The van der Waals surface area contributed by atoms with E-state index < -0.39 is 0 Å². The summed E-state index contributed by atoms with van der Waals surface area (Å²) in [4.78, 5) is 0. The molecule has 0 radical (unpaired) electrons. The Balaban J connectivity index is 3.44. The lowest BCUT2D eigenvalue weighted by Gasteiger charge is -2.24. The molecule has 1 nitrogen and oxygen atoms in total. The second kappa shape index (κ2) is 7.58. The minimum Gasteiger partial charge on any atom is -0.316 e. The Morgan fingerprint density at radius 2 is 1.86 bits per heavy atom. The quantitative estimate of drug-likeness (QED) is 0.625. The number of thioether (sulfide) groups is 1. The number of nitrogens with one attached hydrogen (secondary N) is 1. The fourth-order valence-electron chi connectivity index (χ4n) is 1.32. The van der Waals surface area contributed by atoms with Gasteiger partial charge >= 0.3 is 0 Å². The van der Waals surface area contributed by atoms with Crippen molar-refractivity contribution < 1.29 is 0 Å². The van der Waals surface area contributed by atoms with Gasteiger partial charge in [0.1, 0.15) is 0 Å². The van der Waals surface area contributed by atoms with Gasteiger partial charge < -0.3 is 5.32 Å².